The van der Waals surface area contributed by atoms with Crippen molar-refractivity contribution in [2.75, 3.05) is 5.01 Å². The average molecular weight is 483 g/mol. The molecule has 0 aliphatic heterocycles. The summed E-state index contributed by atoms with van der Waals surface area (Å²) in [7, 11) is 0. The van der Waals surface area contributed by atoms with E-state index in [9.17, 15) is 9.90 Å². The number of aliphatic hydroxyl groups excluding tert-OH is 1. The molecule has 4 fully saturated rings. The van der Waals surface area contributed by atoms with Gasteiger partial charge in [0.05, 0.1) is 17.5 Å². The van der Waals surface area contributed by atoms with Gasteiger partial charge in [-0.1, -0.05) is 56.3 Å². The summed E-state index contributed by atoms with van der Waals surface area (Å²) in [6.07, 6.45) is 10.0. The summed E-state index contributed by atoms with van der Waals surface area (Å²) in [4.78, 5) is 13.9. The Kier molecular flexibility index (Phi) is 4.84. The Balaban J connectivity index is 1.16. The minimum atomic E-state index is -0.164. The summed E-state index contributed by atoms with van der Waals surface area (Å²) < 4.78 is 0. The normalized spacial score (nSPS) is 41.9. The highest BCUT2D eigenvalue weighted by Crippen LogP contribution is 2.81. The largest absolute Gasteiger partial charge is 0.393 e. The fraction of sp³-hybridized carbons (Fsp3) is 0.531. The third kappa shape index (κ3) is 2.88. The van der Waals surface area contributed by atoms with E-state index in [2.05, 4.69) is 25.3 Å². The molecule has 0 bridgehead atoms. The number of carbonyl (C=O) groups is 1. The molecular weight excluding hydrogens is 444 g/mol. The predicted molar refractivity (Wildman–Crippen MR) is 142 cm³/mol. The lowest BCUT2D eigenvalue weighted by Crippen LogP contribution is -2.56. The fourth-order valence-corrected chi connectivity index (χ4v) is 9.82. The van der Waals surface area contributed by atoms with Crippen LogP contribution in [0.3, 0.4) is 0 Å². The summed E-state index contributed by atoms with van der Waals surface area (Å²) in [5, 5.41) is 13.3. The topological polar surface area (TPSA) is 52.6 Å². The molecule has 5 aliphatic carbocycles. The summed E-state index contributed by atoms with van der Waals surface area (Å²) in [6, 6.07) is 20.1. The van der Waals surface area contributed by atoms with Gasteiger partial charge in [-0.15, -0.1) is 0 Å². The molecule has 8 atom stereocenters. The van der Waals surface area contributed by atoms with Crippen molar-refractivity contribution >= 4 is 17.3 Å². The number of aliphatic hydroxyl groups is 1. The van der Waals surface area contributed by atoms with Crippen LogP contribution in [0.25, 0.3) is 0 Å². The number of hydrogen-bond donors (Lipinski definition) is 2. The lowest BCUT2D eigenvalue weighted by Gasteiger charge is -2.59. The molecule has 5 aliphatic rings. The smallest absolute Gasteiger partial charge is 0.266 e. The average Bonchev–Trinajstić information content (AvgIpc) is 3.42. The van der Waals surface area contributed by atoms with Crippen LogP contribution in [-0.4, -0.2) is 17.1 Å². The number of allylic oxidation sites excluding steroid dienone is 1. The quantitative estimate of drug-likeness (QED) is 0.496. The molecule has 7 rings (SSSR count). The zero-order valence-electron chi connectivity index (χ0n) is 21.5. The summed E-state index contributed by atoms with van der Waals surface area (Å²) in [5.74, 6) is 2.41. The van der Waals surface area contributed by atoms with E-state index in [4.69, 9.17) is 0 Å². The van der Waals surface area contributed by atoms with Crippen LogP contribution < -0.4 is 10.4 Å². The van der Waals surface area contributed by atoms with E-state index in [-0.39, 0.29) is 28.3 Å². The van der Waals surface area contributed by atoms with E-state index in [1.807, 2.05) is 65.7 Å². The molecule has 4 heteroatoms. The Morgan fingerprint density at radius 1 is 0.944 bits per heavy atom. The molecule has 1 spiro atoms. The monoisotopic (exact) mass is 482 g/mol. The van der Waals surface area contributed by atoms with Crippen LogP contribution in [-0.2, 0) is 4.79 Å². The summed E-state index contributed by atoms with van der Waals surface area (Å²) in [5.41, 5.74) is 6.44. The SMILES string of the molecule is C[C@]12CC[C@H]3[C@@H](C[C@H](O)[C@]45C[C@H]4CC[C@]35C)[C@@H]1CC=C2C(=O)NN(c1ccccc1)c1ccccc1. The zero-order chi connectivity index (χ0) is 24.7. The van der Waals surface area contributed by atoms with Crippen LogP contribution in [0.15, 0.2) is 72.3 Å². The van der Waals surface area contributed by atoms with Crippen molar-refractivity contribution in [2.45, 2.75) is 64.9 Å². The molecule has 4 nitrogen and oxygen atoms in total. The van der Waals surface area contributed by atoms with E-state index in [0.29, 0.717) is 17.8 Å². The number of benzene rings is 2. The second-order valence-corrected chi connectivity index (χ2v) is 12.8. The highest BCUT2D eigenvalue weighted by atomic mass is 16.3. The van der Waals surface area contributed by atoms with Gasteiger partial charge in [0.2, 0.25) is 0 Å². The maximum absolute atomic E-state index is 13.9. The number of amides is 1. The Morgan fingerprint density at radius 3 is 2.25 bits per heavy atom. The van der Waals surface area contributed by atoms with Gasteiger partial charge in [0.25, 0.3) is 5.91 Å². The highest BCUT2D eigenvalue weighted by molar-refractivity contribution is 5.97. The van der Waals surface area contributed by atoms with Crippen LogP contribution in [0.4, 0.5) is 11.4 Å². The molecule has 4 saturated carbocycles. The van der Waals surface area contributed by atoms with Crippen LogP contribution in [0.5, 0.6) is 0 Å². The summed E-state index contributed by atoms with van der Waals surface area (Å²) >= 11 is 0. The molecule has 188 valence electrons. The lowest BCUT2D eigenvalue weighted by atomic mass is 9.45. The number of anilines is 2. The molecule has 2 N–H and O–H groups in total. The van der Waals surface area contributed by atoms with Crippen molar-refractivity contribution in [3.63, 3.8) is 0 Å². The van der Waals surface area contributed by atoms with E-state index < -0.39 is 0 Å². The highest BCUT2D eigenvalue weighted by Gasteiger charge is 2.77. The molecule has 0 heterocycles. The Labute approximate surface area is 214 Å². The first-order valence-electron chi connectivity index (χ1n) is 14.0. The Morgan fingerprint density at radius 2 is 1.61 bits per heavy atom. The number of rotatable bonds is 4. The van der Waals surface area contributed by atoms with E-state index in [1.165, 1.54) is 25.7 Å². The maximum atomic E-state index is 13.9. The first-order valence-corrected chi connectivity index (χ1v) is 14.0. The Bertz CT molecular complexity index is 1170. The van der Waals surface area contributed by atoms with Gasteiger partial charge in [-0.3, -0.25) is 15.2 Å². The molecular formula is C32H38N2O2. The van der Waals surface area contributed by atoms with Gasteiger partial charge in [0, 0.05) is 16.4 Å². The lowest BCUT2D eigenvalue weighted by molar-refractivity contribution is -0.144. The number of fused-ring (bicyclic) bond motifs is 4. The van der Waals surface area contributed by atoms with Gasteiger partial charge in [-0.25, -0.2) is 0 Å². The van der Waals surface area contributed by atoms with E-state index in [1.54, 1.807) is 0 Å². The molecule has 0 radical (unpaired) electrons. The van der Waals surface area contributed by atoms with E-state index >= 15 is 0 Å². The standard InChI is InChI=1S/C32H38N2O2/c1-30-17-16-26-24(19-28(35)32-20-21(32)15-18-31(26,32)2)25(30)13-14-27(30)29(36)33-34(22-9-5-3-6-10-22)23-11-7-4-8-12-23/h3-12,14,21,24-26,28,35H,13,15-20H2,1-2H3,(H,33,36)/t21-,24+,25+,26+,28+,30+,31-,32+/m1/s1. The fourth-order valence-electron chi connectivity index (χ4n) is 9.82. The number of carbonyl (C=O) groups excluding carboxylic acids is 1. The third-order valence-corrected chi connectivity index (χ3v) is 11.6. The van der Waals surface area contributed by atoms with Crippen LogP contribution >= 0.6 is 0 Å². The molecule has 2 aromatic carbocycles. The molecule has 0 aromatic heterocycles. The van der Waals surface area contributed by atoms with Crippen molar-refractivity contribution < 1.29 is 9.90 Å². The minimum Gasteiger partial charge on any atom is -0.393 e. The van der Waals surface area contributed by atoms with Gasteiger partial charge < -0.3 is 5.11 Å². The maximum Gasteiger partial charge on any atom is 0.266 e. The van der Waals surface area contributed by atoms with Gasteiger partial charge in [0.1, 0.15) is 0 Å². The van der Waals surface area contributed by atoms with Gasteiger partial charge in [-0.05, 0) is 98.3 Å². The van der Waals surface area contributed by atoms with Crippen molar-refractivity contribution in [1.82, 2.24) is 5.43 Å². The Hall–Kier alpha value is -2.59. The number of hydrazine groups is 1. The molecule has 2 aromatic rings. The van der Waals surface area contributed by atoms with Gasteiger partial charge >= 0.3 is 0 Å². The number of para-hydroxylation sites is 2. The molecule has 36 heavy (non-hydrogen) atoms. The summed E-state index contributed by atoms with van der Waals surface area (Å²) in [6.45, 7) is 4.84. The first kappa shape index (κ1) is 22.6. The van der Waals surface area contributed by atoms with Gasteiger partial charge in [0.15, 0.2) is 0 Å². The second-order valence-electron chi connectivity index (χ2n) is 12.8. The third-order valence-electron chi connectivity index (χ3n) is 11.6. The predicted octanol–water partition coefficient (Wildman–Crippen LogP) is 6.41. The molecule has 0 saturated heterocycles. The number of hydrogen-bond acceptors (Lipinski definition) is 3. The van der Waals surface area contributed by atoms with Crippen LogP contribution in [0, 0.1) is 39.9 Å². The van der Waals surface area contributed by atoms with Crippen molar-refractivity contribution in [2.24, 2.45) is 39.9 Å². The minimum absolute atomic E-state index is 0.00770. The number of nitrogens with zero attached hydrogens (tertiary/aromatic N) is 1. The first-order chi connectivity index (χ1) is 17.4. The molecule has 1 amide bonds. The van der Waals surface area contributed by atoms with Gasteiger partial charge in [-0.2, -0.15) is 0 Å². The van der Waals surface area contributed by atoms with E-state index in [0.717, 1.165) is 42.1 Å². The van der Waals surface area contributed by atoms with Crippen molar-refractivity contribution in [1.29, 1.82) is 0 Å². The second kappa shape index (κ2) is 7.71. The number of nitrogens with one attached hydrogen (secondary N) is 1. The van der Waals surface area contributed by atoms with Crippen LogP contribution in [0.2, 0.25) is 0 Å². The molecule has 0 unspecified atom stereocenters. The van der Waals surface area contributed by atoms with Crippen molar-refractivity contribution in [3.8, 4) is 0 Å². The zero-order valence-corrected chi connectivity index (χ0v) is 21.5. The van der Waals surface area contributed by atoms with Crippen molar-refractivity contribution in [3.05, 3.63) is 72.3 Å². The van der Waals surface area contributed by atoms with Crippen LogP contribution in [0.1, 0.15) is 58.8 Å².